The van der Waals surface area contributed by atoms with Crippen molar-refractivity contribution in [3.63, 3.8) is 0 Å². The molecule has 2 heterocycles. The van der Waals surface area contributed by atoms with Gasteiger partial charge in [0.25, 0.3) is 0 Å². The molecule has 0 bridgehead atoms. The maximum Gasteiger partial charge on any atom is 0.239 e. The van der Waals surface area contributed by atoms with Gasteiger partial charge < -0.3 is 14.5 Å². The molecule has 0 radical (unpaired) electrons. The Morgan fingerprint density at radius 3 is 2.41 bits per heavy atom. The van der Waals surface area contributed by atoms with Gasteiger partial charge in [0, 0.05) is 58.9 Å². The minimum atomic E-state index is -0.0595. The average Bonchev–Trinajstić information content (AvgIpc) is 2.73. The maximum atomic E-state index is 12.9. The number of ether oxygens (including phenoxy) is 1. The zero-order valence-corrected chi connectivity index (χ0v) is 16.6. The van der Waals surface area contributed by atoms with Crippen molar-refractivity contribution < 1.29 is 9.53 Å². The van der Waals surface area contributed by atoms with Crippen LogP contribution in [0.4, 0.5) is 5.69 Å². The lowest BCUT2D eigenvalue weighted by molar-refractivity contribution is -0.138. The van der Waals surface area contributed by atoms with Crippen LogP contribution < -0.4 is 9.64 Å². The van der Waals surface area contributed by atoms with Gasteiger partial charge >= 0.3 is 0 Å². The minimum absolute atomic E-state index is 0.0595. The molecule has 0 N–H and O–H groups in total. The molecule has 1 aromatic rings. The normalized spacial score (nSPS) is 20.4. The van der Waals surface area contributed by atoms with E-state index < -0.39 is 0 Å². The van der Waals surface area contributed by atoms with Crippen LogP contribution in [0.1, 0.15) is 6.92 Å². The topological polar surface area (TPSA) is 39.3 Å². The van der Waals surface area contributed by atoms with Gasteiger partial charge in [-0.1, -0.05) is 18.2 Å². The third kappa shape index (κ3) is 4.62. The number of hydrogen-bond donors (Lipinski definition) is 0. The second-order valence-corrected chi connectivity index (χ2v) is 7.29. The number of nitrogens with zero attached hydrogens (tertiary/aromatic N) is 4. The van der Waals surface area contributed by atoms with Crippen LogP contribution in [-0.2, 0) is 4.79 Å². The molecule has 1 amide bonds. The van der Waals surface area contributed by atoms with Crippen molar-refractivity contribution in [1.82, 2.24) is 14.7 Å². The highest BCUT2D eigenvalue weighted by molar-refractivity contribution is 5.81. The van der Waals surface area contributed by atoms with Gasteiger partial charge in [-0.15, -0.1) is 6.58 Å². The van der Waals surface area contributed by atoms with Crippen LogP contribution >= 0.6 is 0 Å². The van der Waals surface area contributed by atoms with Gasteiger partial charge in [-0.3, -0.25) is 14.6 Å². The molecule has 2 saturated heterocycles. The molecule has 1 aromatic carbocycles. The van der Waals surface area contributed by atoms with Gasteiger partial charge in [0.05, 0.1) is 18.8 Å². The van der Waals surface area contributed by atoms with Crippen LogP contribution in [0.3, 0.4) is 0 Å². The Morgan fingerprint density at radius 2 is 1.78 bits per heavy atom. The number of hydrogen-bond acceptors (Lipinski definition) is 5. The Kier molecular flexibility index (Phi) is 6.74. The van der Waals surface area contributed by atoms with Crippen LogP contribution in [-0.4, -0.2) is 92.7 Å². The van der Waals surface area contributed by atoms with E-state index in [4.69, 9.17) is 4.74 Å². The van der Waals surface area contributed by atoms with Crippen LogP contribution in [0.15, 0.2) is 36.9 Å². The molecule has 1 atom stereocenters. The predicted molar refractivity (Wildman–Crippen MR) is 109 cm³/mol. The Labute approximate surface area is 163 Å². The van der Waals surface area contributed by atoms with Crippen molar-refractivity contribution in [2.24, 2.45) is 0 Å². The second-order valence-electron chi connectivity index (χ2n) is 7.29. The Balaban J connectivity index is 1.51. The third-order valence-electron chi connectivity index (χ3n) is 5.72. The van der Waals surface area contributed by atoms with Crippen molar-refractivity contribution in [1.29, 1.82) is 0 Å². The highest BCUT2D eigenvalue weighted by Gasteiger charge is 2.30. The molecule has 6 nitrogen and oxygen atoms in total. The van der Waals surface area contributed by atoms with E-state index in [1.54, 1.807) is 7.11 Å². The summed E-state index contributed by atoms with van der Waals surface area (Å²) in [4.78, 5) is 21.9. The van der Waals surface area contributed by atoms with Gasteiger partial charge in [-0.25, -0.2) is 0 Å². The third-order valence-corrected chi connectivity index (χ3v) is 5.72. The fraction of sp³-hybridized carbons (Fsp3) is 0.571. The molecule has 148 valence electrons. The molecular weight excluding hydrogens is 340 g/mol. The first-order chi connectivity index (χ1) is 13.1. The fourth-order valence-corrected chi connectivity index (χ4v) is 3.99. The summed E-state index contributed by atoms with van der Waals surface area (Å²) in [7, 11) is 1.71. The van der Waals surface area contributed by atoms with Crippen molar-refractivity contribution in [2.75, 3.05) is 70.9 Å². The molecule has 0 spiro atoms. The molecule has 0 saturated carbocycles. The minimum Gasteiger partial charge on any atom is -0.495 e. The van der Waals surface area contributed by atoms with Crippen molar-refractivity contribution in [2.45, 2.75) is 13.0 Å². The molecule has 2 fully saturated rings. The molecule has 0 aliphatic carbocycles. The summed E-state index contributed by atoms with van der Waals surface area (Å²) in [5.41, 5.74) is 1.14. The van der Waals surface area contributed by atoms with Crippen LogP contribution in [0.5, 0.6) is 5.75 Å². The first-order valence-electron chi connectivity index (χ1n) is 9.88. The summed E-state index contributed by atoms with van der Waals surface area (Å²) in [6.07, 6.45) is 1.93. The number of carbonyl (C=O) groups excluding carboxylic acids is 1. The Hall–Kier alpha value is -2.05. The molecule has 0 unspecified atom stereocenters. The van der Waals surface area contributed by atoms with Gasteiger partial charge in [0.15, 0.2) is 0 Å². The van der Waals surface area contributed by atoms with Crippen LogP contribution in [0.25, 0.3) is 0 Å². The summed E-state index contributed by atoms with van der Waals surface area (Å²) in [5, 5.41) is 0. The Bertz CT molecular complexity index is 635. The quantitative estimate of drug-likeness (QED) is 0.709. The lowest BCUT2D eigenvalue weighted by Gasteiger charge is -2.41. The van der Waals surface area contributed by atoms with E-state index in [-0.39, 0.29) is 11.9 Å². The van der Waals surface area contributed by atoms with Crippen molar-refractivity contribution in [3.05, 3.63) is 36.9 Å². The number of amides is 1. The summed E-state index contributed by atoms with van der Waals surface area (Å²) in [6, 6.07) is 8.08. The highest BCUT2D eigenvalue weighted by Crippen LogP contribution is 2.28. The van der Waals surface area contributed by atoms with Crippen LogP contribution in [0, 0.1) is 0 Å². The van der Waals surface area contributed by atoms with Gasteiger partial charge in [0.2, 0.25) is 5.91 Å². The zero-order chi connectivity index (χ0) is 19.2. The zero-order valence-electron chi connectivity index (χ0n) is 16.6. The van der Waals surface area contributed by atoms with Crippen molar-refractivity contribution in [3.8, 4) is 5.75 Å². The molecule has 6 heteroatoms. The van der Waals surface area contributed by atoms with E-state index in [0.29, 0.717) is 0 Å². The molecule has 0 aromatic heterocycles. The van der Waals surface area contributed by atoms with Gasteiger partial charge in [0.1, 0.15) is 5.75 Å². The number of methoxy groups -OCH3 is 1. The second kappa shape index (κ2) is 9.24. The monoisotopic (exact) mass is 372 g/mol. The molecule has 3 rings (SSSR count). The highest BCUT2D eigenvalue weighted by atomic mass is 16.5. The molecular formula is C21H32N4O2. The molecule has 27 heavy (non-hydrogen) atoms. The average molecular weight is 373 g/mol. The van der Waals surface area contributed by atoms with E-state index in [2.05, 4.69) is 34.3 Å². The number of piperazine rings is 2. The first-order valence-corrected chi connectivity index (χ1v) is 9.88. The van der Waals surface area contributed by atoms with Gasteiger partial charge in [-0.2, -0.15) is 0 Å². The fourth-order valence-electron chi connectivity index (χ4n) is 3.99. The number of benzene rings is 1. The van der Waals surface area contributed by atoms with E-state index in [9.17, 15) is 4.79 Å². The SMILES string of the molecule is C=CCN1CCN(C(=O)[C@H](C)N2CCN(c3ccccc3OC)CC2)CC1. The first kappa shape index (κ1) is 19.7. The van der Waals surface area contributed by atoms with E-state index >= 15 is 0 Å². The van der Waals surface area contributed by atoms with Crippen molar-refractivity contribution >= 4 is 11.6 Å². The molecule has 2 aliphatic rings. The van der Waals surface area contributed by atoms with Gasteiger partial charge in [-0.05, 0) is 19.1 Å². The summed E-state index contributed by atoms with van der Waals surface area (Å²) in [5.74, 6) is 1.17. The van der Waals surface area contributed by atoms with E-state index in [1.807, 2.05) is 29.2 Å². The van der Waals surface area contributed by atoms with E-state index in [0.717, 1.165) is 70.3 Å². The summed E-state index contributed by atoms with van der Waals surface area (Å²) in [6.45, 7) is 13.9. The number of anilines is 1. The summed E-state index contributed by atoms with van der Waals surface area (Å²) >= 11 is 0. The predicted octanol–water partition coefficient (Wildman–Crippen LogP) is 1.54. The summed E-state index contributed by atoms with van der Waals surface area (Å²) < 4.78 is 5.49. The lowest BCUT2D eigenvalue weighted by Crippen LogP contribution is -2.57. The maximum absolute atomic E-state index is 12.9. The molecule has 2 aliphatic heterocycles. The standard InChI is InChI=1S/C21H32N4O2/c1-4-9-22-10-12-25(13-11-22)21(26)18(2)23-14-16-24(17-15-23)19-7-5-6-8-20(19)27-3/h4-8,18H,1,9-17H2,2-3H3/t18-/m0/s1. The Morgan fingerprint density at radius 1 is 1.11 bits per heavy atom. The lowest BCUT2D eigenvalue weighted by atomic mass is 10.1. The number of rotatable bonds is 6. The smallest absolute Gasteiger partial charge is 0.239 e. The number of carbonyl (C=O) groups is 1. The van der Waals surface area contributed by atoms with Crippen LogP contribution in [0.2, 0.25) is 0 Å². The number of para-hydroxylation sites is 2. The largest absolute Gasteiger partial charge is 0.495 e. The van der Waals surface area contributed by atoms with E-state index in [1.165, 1.54) is 0 Å².